The van der Waals surface area contributed by atoms with Gasteiger partial charge in [0.05, 0.1) is 0 Å². The van der Waals surface area contributed by atoms with E-state index in [0.717, 1.165) is 52.4 Å². The number of aliphatic hydroxyl groups is 1. The molecule has 2 atom stereocenters. The Balaban J connectivity index is 1.77. The van der Waals surface area contributed by atoms with Crippen molar-refractivity contribution in [2.45, 2.75) is 6.42 Å². The van der Waals surface area contributed by atoms with Gasteiger partial charge in [-0.1, -0.05) is 0 Å². The molecule has 0 aromatic carbocycles. The summed E-state index contributed by atoms with van der Waals surface area (Å²) < 4.78 is 5.41. The molecular formula is C12H24N2O2. The molecule has 16 heavy (non-hydrogen) atoms. The summed E-state index contributed by atoms with van der Waals surface area (Å²) in [5, 5.41) is 9.48. The Kier molecular flexibility index (Phi) is 4.58. The van der Waals surface area contributed by atoms with Crippen molar-refractivity contribution in [3.8, 4) is 0 Å². The average molecular weight is 228 g/mol. The first kappa shape index (κ1) is 12.3. The highest BCUT2D eigenvalue weighted by molar-refractivity contribution is 4.78. The van der Waals surface area contributed by atoms with Gasteiger partial charge in [0.15, 0.2) is 0 Å². The quantitative estimate of drug-likeness (QED) is 0.728. The fourth-order valence-corrected chi connectivity index (χ4v) is 2.64. The predicted octanol–water partition coefficient (Wildman–Crippen LogP) is -0.121. The molecule has 0 amide bonds. The van der Waals surface area contributed by atoms with Gasteiger partial charge in [-0.05, 0) is 25.3 Å². The molecule has 4 heteroatoms. The molecule has 0 aliphatic carbocycles. The Hall–Kier alpha value is -0.160. The van der Waals surface area contributed by atoms with Crippen LogP contribution in [0.2, 0.25) is 0 Å². The summed E-state index contributed by atoms with van der Waals surface area (Å²) in [5.74, 6) is 0.982. The lowest BCUT2D eigenvalue weighted by molar-refractivity contribution is 0.0813. The Morgan fingerprint density at radius 2 is 2.06 bits per heavy atom. The summed E-state index contributed by atoms with van der Waals surface area (Å²) >= 11 is 0. The van der Waals surface area contributed by atoms with Gasteiger partial charge in [-0.15, -0.1) is 0 Å². The third kappa shape index (κ3) is 3.17. The average Bonchev–Trinajstić information content (AvgIpc) is 2.82. The van der Waals surface area contributed by atoms with E-state index in [2.05, 4.69) is 16.8 Å². The Morgan fingerprint density at radius 3 is 2.62 bits per heavy atom. The van der Waals surface area contributed by atoms with Crippen LogP contribution in [-0.4, -0.2) is 74.5 Å². The molecule has 2 fully saturated rings. The zero-order valence-electron chi connectivity index (χ0n) is 10.3. The highest BCUT2D eigenvalue weighted by atomic mass is 16.5. The molecule has 0 aromatic heterocycles. The summed E-state index contributed by atoms with van der Waals surface area (Å²) in [6, 6.07) is 0. The minimum atomic E-state index is 0.306. The van der Waals surface area contributed by atoms with E-state index < -0.39 is 0 Å². The Morgan fingerprint density at radius 1 is 1.31 bits per heavy atom. The van der Waals surface area contributed by atoms with E-state index in [0.29, 0.717) is 18.4 Å². The van der Waals surface area contributed by atoms with Crippen molar-refractivity contribution in [3.63, 3.8) is 0 Å². The van der Waals surface area contributed by atoms with Crippen LogP contribution in [0.1, 0.15) is 6.42 Å². The number of aliphatic hydroxyl groups excluding tert-OH is 1. The van der Waals surface area contributed by atoms with Gasteiger partial charge in [0.25, 0.3) is 0 Å². The second-order valence-electron chi connectivity index (χ2n) is 5.17. The number of rotatable bonds is 4. The number of nitrogens with zero attached hydrogens (tertiary/aromatic N) is 2. The third-order valence-electron chi connectivity index (χ3n) is 3.95. The maximum atomic E-state index is 9.48. The van der Waals surface area contributed by atoms with E-state index >= 15 is 0 Å². The molecular weight excluding hydrogens is 204 g/mol. The summed E-state index contributed by atoms with van der Waals surface area (Å²) in [6.07, 6.45) is 1.12. The monoisotopic (exact) mass is 228 g/mol. The number of ether oxygens (including phenoxy) is 1. The molecule has 2 rings (SSSR count). The van der Waals surface area contributed by atoms with Gasteiger partial charge in [0, 0.05) is 52.5 Å². The van der Waals surface area contributed by atoms with Gasteiger partial charge in [-0.25, -0.2) is 0 Å². The van der Waals surface area contributed by atoms with E-state index in [1.165, 1.54) is 0 Å². The van der Waals surface area contributed by atoms with E-state index in [-0.39, 0.29) is 0 Å². The SMILES string of the molecule is CN1CCN(CC(CO)C2CCOC2)CC1. The highest BCUT2D eigenvalue weighted by Crippen LogP contribution is 2.23. The molecule has 2 heterocycles. The van der Waals surface area contributed by atoms with Crippen molar-refractivity contribution in [1.29, 1.82) is 0 Å². The maximum Gasteiger partial charge on any atom is 0.0499 e. The summed E-state index contributed by atoms with van der Waals surface area (Å²) in [6.45, 7) is 7.65. The van der Waals surface area contributed by atoms with Crippen molar-refractivity contribution in [1.82, 2.24) is 9.80 Å². The summed E-state index contributed by atoms with van der Waals surface area (Å²) in [7, 11) is 2.17. The number of piperazine rings is 1. The number of likely N-dealkylation sites (N-methyl/N-ethyl adjacent to an activating group) is 1. The summed E-state index contributed by atoms with van der Waals surface area (Å²) in [5.41, 5.74) is 0. The minimum Gasteiger partial charge on any atom is -0.396 e. The molecule has 0 spiro atoms. The number of hydrogen-bond acceptors (Lipinski definition) is 4. The molecule has 0 saturated carbocycles. The molecule has 0 bridgehead atoms. The van der Waals surface area contributed by atoms with Gasteiger partial charge in [-0.3, -0.25) is 0 Å². The van der Waals surface area contributed by atoms with Crippen molar-refractivity contribution < 1.29 is 9.84 Å². The molecule has 2 unspecified atom stereocenters. The van der Waals surface area contributed by atoms with Crippen molar-refractivity contribution in [3.05, 3.63) is 0 Å². The molecule has 0 radical (unpaired) electrons. The van der Waals surface area contributed by atoms with E-state index in [4.69, 9.17) is 4.74 Å². The van der Waals surface area contributed by atoms with E-state index in [1.54, 1.807) is 0 Å². The fraction of sp³-hybridized carbons (Fsp3) is 1.00. The number of hydrogen-bond donors (Lipinski definition) is 1. The van der Waals surface area contributed by atoms with Gasteiger partial charge in [-0.2, -0.15) is 0 Å². The zero-order valence-corrected chi connectivity index (χ0v) is 10.3. The molecule has 94 valence electrons. The zero-order chi connectivity index (χ0) is 11.4. The second-order valence-corrected chi connectivity index (χ2v) is 5.17. The Labute approximate surface area is 98.2 Å². The van der Waals surface area contributed by atoms with Crippen molar-refractivity contribution in [2.75, 3.05) is 59.6 Å². The summed E-state index contributed by atoms with van der Waals surface area (Å²) in [4.78, 5) is 4.85. The van der Waals surface area contributed by atoms with Crippen LogP contribution in [0.4, 0.5) is 0 Å². The molecule has 2 saturated heterocycles. The van der Waals surface area contributed by atoms with Crippen LogP contribution >= 0.6 is 0 Å². The first-order valence-electron chi connectivity index (χ1n) is 6.39. The first-order valence-corrected chi connectivity index (χ1v) is 6.39. The normalized spacial score (nSPS) is 30.8. The second kappa shape index (κ2) is 5.96. The first-order chi connectivity index (χ1) is 7.79. The lowest BCUT2D eigenvalue weighted by atomic mass is 9.91. The lowest BCUT2D eigenvalue weighted by Gasteiger charge is -2.35. The van der Waals surface area contributed by atoms with Crippen LogP contribution in [0.25, 0.3) is 0 Å². The topological polar surface area (TPSA) is 35.9 Å². The van der Waals surface area contributed by atoms with Gasteiger partial charge in [0.2, 0.25) is 0 Å². The molecule has 4 nitrogen and oxygen atoms in total. The van der Waals surface area contributed by atoms with E-state index in [9.17, 15) is 5.11 Å². The van der Waals surface area contributed by atoms with E-state index in [1.807, 2.05) is 0 Å². The lowest BCUT2D eigenvalue weighted by Crippen LogP contribution is -2.47. The third-order valence-corrected chi connectivity index (χ3v) is 3.95. The van der Waals surface area contributed by atoms with Crippen LogP contribution in [0.15, 0.2) is 0 Å². The van der Waals surface area contributed by atoms with Crippen LogP contribution in [0, 0.1) is 11.8 Å². The van der Waals surface area contributed by atoms with Gasteiger partial charge < -0.3 is 19.6 Å². The van der Waals surface area contributed by atoms with Crippen molar-refractivity contribution >= 4 is 0 Å². The largest absolute Gasteiger partial charge is 0.396 e. The molecule has 2 aliphatic rings. The van der Waals surface area contributed by atoms with Crippen LogP contribution in [0.3, 0.4) is 0 Å². The van der Waals surface area contributed by atoms with Gasteiger partial charge in [0.1, 0.15) is 0 Å². The fourth-order valence-electron chi connectivity index (χ4n) is 2.64. The molecule has 1 N–H and O–H groups in total. The maximum absolute atomic E-state index is 9.48. The van der Waals surface area contributed by atoms with Crippen LogP contribution in [-0.2, 0) is 4.74 Å². The smallest absolute Gasteiger partial charge is 0.0499 e. The van der Waals surface area contributed by atoms with Crippen LogP contribution in [0.5, 0.6) is 0 Å². The molecule has 2 aliphatic heterocycles. The van der Waals surface area contributed by atoms with Crippen LogP contribution < -0.4 is 0 Å². The standard InChI is InChI=1S/C12H24N2O2/c1-13-3-5-14(6-4-13)8-12(9-15)11-2-7-16-10-11/h11-12,15H,2-10H2,1H3. The Bertz CT molecular complexity index is 199. The minimum absolute atomic E-state index is 0.306. The highest BCUT2D eigenvalue weighted by Gasteiger charge is 2.27. The molecule has 0 aromatic rings. The predicted molar refractivity (Wildman–Crippen MR) is 63.4 cm³/mol. The van der Waals surface area contributed by atoms with Gasteiger partial charge >= 0.3 is 0 Å². The van der Waals surface area contributed by atoms with Crippen molar-refractivity contribution in [2.24, 2.45) is 11.8 Å².